The fourth-order valence-electron chi connectivity index (χ4n) is 2.91. The molecule has 11 heteroatoms. The van der Waals surface area contributed by atoms with E-state index in [1.54, 1.807) is 24.3 Å². The van der Waals surface area contributed by atoms with Gasteiger partial charge in [0.15, 0.2) is 0 Å². The van der Waals surface area contributed by atoms with Gasteiger partial charge in [0, 0.05) is 6.54 Å². The largest absolute Gasteiger partial charge is 0.497 e. The van der Waals surface area contributed by atoms with Crippen LogP contribution in [-0.2, 0) is 30.9 Å². The van der Waals surface area contributed by atoms with Gasteiger partial charge in [-0.25, -0.2) is 8.42 Å². The van der Waals surface area contributed by atoms with E-state index >= 15 is 0 Å². The zero-order chi connectivity index (χ0) is 21.6. The minimum atomic E-state index is -3.86. The first-order valence-electron chi connectivity index (χ1n) is 9.27. The van der Waals surface area contributed by atoms with Gasteiger partial charge in [-0.05, 0) is 42.8 Å². The van der Waals surface area contributed by atoms with E-state index in [0.717, 1.165) is 0 Å². The monoisotopic (exact) mass is 437 g/mol. The molecule has 0 saturated carbocycles. The van der Waals surface area contributed by atoms with Crippen LogP contribution in [0.5, 0.6) is 5.75 Å². The van der Waals surface area contributed by atoms with E-state index in [2.05, 4.69) is 10.6 Å². The van der Waals surface area contributed by atoms with E-state index < -0.39 is 28.1 Å². The molecule has 1 aliphatic heterocycles. The molecule has 0 spiro atoms. The average Bonchev–Trinajstić information content (AvgIpc) is 3.29. The third-order valence-corrected chi connectivity index (χ3v) is 6.37. The van der Waals surface area contributed by atoms with Crippen LogP contribution in [0.1, 0.15) is 12.2 Å². The van der Waals surface area contributed by atoms with Crippen molar-refractivity contribution in [2.45, 2.75) is 24.1 Å². The normalized spacial score (nSPS) is 17.3. The van der Waals surface area contributed by atoms with E-state index in [9.17, 15) is 18.0 Å². The summed E-state index contributed by atoms with van der Waals surface area (Å²) in [5.41, 5.74) is 0. The van der Waals surface area contributed by atoms with Crippen LogP contribution in [0.25, 0.3) is 0 Å². The Bertz CT molecular complexity index is 959. The molecule has 162 valence electrons. The number of sulfonamides is 1. The van der Waals surface area contributed by atoms with Gasteiger partial charge in [0.05, 0.1) is 38.0 Å². The molecule has 3 rings (SSSR count). The maximum atomic E-state index is 13.0. The first-order chi connectivity index (χ1) is 14.4. The van der Waals surface area contributed by atoms with Crippen LogP contribution in [0, 0.1) is 0 Å². The molecule has 0 unspecified atom stereocenters. The third kappa shape index (κ3) is 5.17. The molecule has 0 aliphatic carbocycles. The lowest BCUT2D eigenvalue weighted by atomic mass is 10.3. The van der Waals surface area contributed by atoms with Gasteiger partial charge >= 0.3 is 11.8 Å². The van der Waals surface area contributed by atoms with Crippen LogP contribution in [0.2, 0.25) is 0 Å². The second-order valence-electron chi connectivity index (χ2n) is 6.44. The second-order valence-corrected chi connectivity index (χ2v) is 8.33. The van der Waals surface area contributed by atoms with Crippen LogP contribution < -0.4 is 15.4 Å². The molecule has 1 aliphatic rings. The maximum absolute atomic E-state index is 13.0. The molecule has 1 aromatic heterocycles. The van der Waals surface area contributed by atoms with Crippen molar-refractivity contribution in [2.24, 2.45) is 0 Å². The number of hydrogen-bond donors (Lipinski definition) is 2. The standard InChI is InChI=1S/C19H23N3O7S/c1-27-14-5-7-16(8-6-14)30(25,26)22-9-3-11-29-17(22)13-21-19(24)18(23)20-12-15-4-2-10-28-15/h2,4-8,10,17H,3,9,11-13H2,1H3,(H,20,23)(H,21,24)/t17-/m1/s1. The Morgan fingerprint density at radius 2 is 1.90 bits per heavy atom. The number of nitrogens with zero attached hydrogens (tertiary/aromatic N) is 1. The Morgan fingerprint density at radius 1 is 1.17 bits per heavy atom. The lowest BCUT2D eigenvalue weighted by molar-refractivity contribution is -0.140. The zero-order valence-electron chi connectivity index (χ0n) is 16.4. The molecule has 2 heterocycles. The first kappa shape index (κ1) is 21.8. The van der Waals surface area contributed by atoms with Crippen LogP contribution in [0.4, 0.5) is 0 Å². The van der Waals surface area contributed by atoms with Gasteiger partial charge in [-0.15, -0.1) is 0 Å². The van der Waals surface area contributed by atoms with E-state index in [0.29, 0.717) is 24.5 Å². The highest BCUT2D eigenvalue weighted by molar-refractivity contribution is 7.89. The van der Waals surface area contributed by atoms with Gasteiger partial charge in [-0.1, -0.05) is 0 Å². The number of hydrogen-bond acceptors (Lipinski definition) is 7. The van der Waals surface area contributed by atoms with E-state index in [1.165, 1.54) is 29.8 Å². The van der Waals surface area contributed by atoms with Gasteiger partial charge in [0.25, 0.3) is 0 Å². The summed E-state index contributed by atoms with van der Waals surface area (Å²) in [5.74, 6) is -0.707. The number of carbonyl (C=O) groups is 2. The Kier molecular flexibility index (Phi) is 7.08. The fourth-order valence-corrected chi connectivity index (χ4v) is 4.47. The van der Waals surface area contributed by atoms with Gasteiger partial charge in [0.1, 0.15) is 17.7 Å². The van der Waals surface area contributed by atoms with Crippen LogP contribution in [0.15, 0.2) is 52.0 Å². The van der Waals surface area contributed by atoms with Crippen LogP contribution in [-0.4, -0.2) is 57.6 Å². The summed E-state index contributed by atoms with van der Waals surface area (Å²) in [4.78, 5) is 24.1. The molecular formula is C19H23N3O7S. The number of furan rings is 1. The highest BCUT2D eigenvalue weighted by atomic mass is 32.2. The van der Waals surface area contributed by atoms with Crippen LogP contribution >= 0.6 is 0 Å². The highest BCUT2D eigenvalue weighted by Gasteiger charge is 2.35. The topological polar surface area (TPSA) is 127 Å². The predicted octanol–water partition coefficient (Wildman–Crippen LogP) is 0.458. The number of benzene rings is 1. The summed E-state index contributed by atoms with van der Waals surface area (Å²) in [6, 6.07) is 9.33. The molecule has 1 fully saturated rings. The second kappa shape index (κ2) is 9.74. The van der Waals surface area contributed by atoms with Gasteiger partial charge < -0.3 is 24.5 Å². The molecule has 30 heavy (non-hydrogen) atoms. The van der Waals surface area contributed by atoms with E-state index in [4.69, 9.17) is 13.9 Å². The highest BCUT2D eigenvalue weighted by Crippen LogP contribution is 2.23. The van der Waals surface area contributed by atoms with Gasteiger partial charge in [-0.2, -0.15) is 4.31 Å². The smallest absolute Gasteiger partial charge is 0.309 e. The summed E-state index contributed by atoms with van der Waals surface area (Å²) in [6.45, 7) is 0.485. The fraction of sp³-hybridized carbons (Fsp3) is 0.368. The van der Waals surface area contributed by atoms with Crippen molar-refractivity contribution in [1.82, 2.24) is 14.9 Å². The number of methoxy groups -OCH3 is 1. The molecule has 0 radical (unpaired) electrons. The van der Waals surface area contributed by atoms with E-state index in [-0.39, 0.29) is 24.5 Å². The van der Waals surface area contributed by atoms with E-state index in [1.807, 2.05) is 0 Å². The third-order valence-electron chi connectivity index (χ3n) is 4.47. The summed E-state index contributed by atoms with van der Waals surface area (Å²) in [6.07, 6.45) is 1.05. The molecule has 0 bridgehead atoms. The first-order valence-corrected chi connectivity index (χ1v) is 10.7. The minimum absolute atomic E-state index is 0.0666. The van der Waals surface area contributed by atoms with Crippen molar-refractivity contribution in [2.75, 3.05) is 26.8 Å². The minimum Gasteiger partial charge on any atom is -0.497 e. The molecule has 10 nitrogen and oxygen atoms in total. The molecule has 1 saturated heterocycles. The number of carbonyl (C=O) groups excluding carboxylic acids is 2. The molecule has 2 N–H and O–H groups in total. The Hall–Kier alpha value is -2.89. The number of amides is 2. The lowest BCUT2D eigenvalue weighted by Gasteiger charge is -2.34. The number of ether oxygens (including phenoxy) is 2. The van der Waals surface area contributed by atoms with Crippen molar-refractivity contribution in [3.63, 3.8) is 0 Å². The summed E-state index contributed by atoms with van der Waals surface area (Å²) in [5, 5.41) is 4.84. The maximum Gasteiger partial charge on any atom is 0.309 e. The Morgan fingerprint density at radius 3 is 2.57 bits per heavy atom. The zero-order valence-corrected chi connectivity index (χ0v) is 17.2. The summed E-state index contributed by atoms with van der Waals surface area (Å²) < 4.78 is 42.9. The predicted molar refractivity (Wildman–Crippen MR) is 105 cm³/mol. The summed E-state index contributed by atoms with van der Waals surface area (Å²) in [7, 11) is -2.36. The van der Waals surface area contributed by atoms with Crippen LogP contribution in [0.3, 0.4) is 0 Å². The van der Waals surface area contributed by atoms with Crippen molar-refractivity contribution < 1.29 is 31.9 Å². The Labute approximate surface area is 174 Å². The quantitative estimate of drug-likeness (QED) is 0.603. The van der Waals surface area contributed by atoms with Gasteiger partial charge in [0.2, 0.25) is 10.0 Å². The Balaban J connectivity index is 1.60. The van der Waals surface area contributed by atoms with Crippen molar-refractivity contribution in [3.8, 4) is 5.75 Å². The van der Waals surface area contributed by atoms with Crippen molar-refractivity contribution in [3.05, 3.63) is 48.4 Å². The molecule has 1 aromatic carbocycles. The number of nitrogens with one attached hydrogen (secondary N) is 2. The number of rotatable bonds is 7. The molecule has 2 amide bonds. The van der Waals surface area contributed by atoms with Crippen molar-refractivity contribution in [1.29, 1.82) is 0 Å². The average molecular weight is 437 g/mol. The SMILES string of the molecule is COc1ccc(S(=O)(=O)N2CCCO[C@@H]2CNC(=O)C(=O)NCc2ccco2)cc1. The molecule has 2 aromatic rings. The molecule has 1 atom stereocenters. The molecular weight excluding hydrogens is 414 g/mol. The summed E-state index contributed by atoms with van der Waals surface area (Å²) >= 11 is 0. The lowest BCUT2D eigenvalue weighted by Crippen LogP contribution is -2.53. The van der Waals surface area contributed by atoms with Gasteiger partial charge in [-0.3, -0.25) is 9.59 Å². The van der Waals surface area contributed by atoms with Crippen molar-refractivity contribution >= 4 is 21.8 Å².